The molecule has 0 N–H and O–H groups in total. The Morgan fingerprint density at radius 1 is 1.35 bits per heavy atom. The van der Waals surface area contributed by atoms with Crippen molar-refractivity contribution in [1.82, 2.24) is 0 Å². The number of carbonyl (C=O) groups is 2. The van der Waals surface area contributed by atoms with E-state index in [1.165, 1.54) is 38.3 Å². The van der Waals surface area contributed by atoms with E-state index in [-0.39, 0.29) is 24.2 Å². The van der Waals surface area contributed by atoms with E-state index in [1.54, 1.807) is 6.07 Å². The molecule has 0 aliphatic heterocycles. The molecule has 0 fully saturated rings. The first kappa shape index (κ1) is 18.9. The first-order chi connectivity index (χ1) is 10.8. The van der Waals surface area contributed by atoms with Crippen LogP contribution in [0.4, 0.5) is 11.4 Å². The normalized spacial score (nSPS) is 11.5. The molecule has 0 amide bonds. The van der Waals surface area contributed by atoms with E-state index in [0.29, 0.717) is 4.47 Å². The lowest BCUT2D eigenvalue weighted by Gasteiger charge is -2.27. The van der Waals surface area contributed by atoms with Crippen LogP contribution in [0, 0.1) is 10.1 Å². The minimum atomic E-state index is -0.848. The highest BCUT2D eigenvalue weighted by molar-refractivity contribution is 9.10. The summed E-state index contributed by atoms with van der Waals surface area (Å²) < 4.78 is 9.83. The number of benzene rings is 1. The van der Waals surface area contributed by atoms with Crippen molar-refractivity contribution in [3.63, 3.8) is 0 Å². The van der Waals surface area contributed by atoms with Crippen molar-refractivity contribution in [2.75, 3.05) is 26.2 Å². The van der Waals surface area contributed by atoms with Crippen LogP contribution in [0.5, 0.6) is 0 Å². The lowest BCUT2D eigenvalue weighted by molar-refractivity contribution is -0.384. The molecule has 0 unspecified atom stereocenters. The number of rotatable bonds is 7. The quantitative estimate of drug-likeness (QED) is 0.401. The molecule has 126 valence electrons. The average molecular weight is 389 g/mol. The van der Waals surface area contributed by atoms with Gasteiger partial charge in [-0.05, 0) is 18.6 Å². The fraction of sp³-hybridized carbons (Fsp3) is 0.429. The fourth-order valence-corrected chi connectivity index (χ4v) is 2.42. The number of carbonyl (C=O) groups excluding carboxylic acids is 2. The Morgan fingerprint density at radius 2 is 2.00 bits per heavy atom. The van der Waals surface area contributed by atoms with E-state index in [4.69, 9.17) is 4.74 Å². The number of nitrogens with zero attached hydrogens (tertiary/aromatic N) is 2. The van der Waals surface area contributed by atoms with E-state index >= 15 is 0 Å². The van der Waals surface area contributed by atoms with Crippen LogP contribution in [0.25, 0.3) is 0 Å². The Morgan fingerprint density at radius 3 is 2.52 bits per heavy atom. The summed E-state index contributed by atoms with van der Waals surface area (Å²) >= 11 is 3.18. The summed E-state index contributed by atoms with van der Waals surface area (Å²) in [6.07, 6.45) is 0.105. The molecule has 0 saturated carbocycles. The predicted molar refractivity (Wildman–Crippen MR) is 86.3 cm³/mol. The number of nitro benzene ring substituents is 1. The van der Waals surface area contributed by atoms with Gasteiger partial charge in [-0.15, -0.1) is 0 Å². The SMILES string of the molecule is COC(=O)CC[C@@H](C(=O)OC)N(C)c1ccc(Br)cc1[N+](=O)[O-]. The smallest absolute Gasteiger partial charge is 0.328 e. The van der Waals surface area contributed by atoms with Gasteiger partial charge in [0, 0.05) is 24.0 Å². The fourth-order valence-electron chi connectivity index (χ4n) is 2.07. The maximum Gasteiger partial charge on any atom is 0.328 e. The number of hydrogen-bond donors (Lipinski definition) is 0. The maximum atomic E-state index is 12.0. The third-order valence-electron chi connectivity index (χ3n) is 3.30. The van der Waals surface area contributed by atoms with Gasteiger partial charge >= 0.3 is 11.9 Å². The molecule has 9 heteroatoms. The first-order valence-electron chi connectivity index (χ1n) is 6.63. The van der Waals surface area contributed by atoms with Crippen molar-refractivity contribution in [2.45, 2.75) is 18.9 Å². The van der Waals surface area contributed by atoms with Gasteiger partial charge in [-0.2, -0.15) is 0 Å². The Kier molecular flexibility index (Phi) is 6.95. The zero-order chi connectivity index (χ0) is 17.6. The van der Waals surface area contributed by atoms with Crippen molar-refractivity contribution in [3.8, 4) is 0 Å². The van der Waals surface area contributed by atoms with Gasteiger partial charge in [0.2, 0.25) is 0 Å². The largest absolute Gasteiger partial charge is 0.469 e. The molecular formula is C14H17BrN2O6. The molecule has 0 aromatic heterocycles. The third kappa shape index (κ3) is 4.92. The van der Waals surface area contributed by atoms with E-state index in [2.05, 4.69) is 20.7 Å². The van der Waals surface area contributed by atoms with Crippen LogP contribution in [-0.2, 0) is 19.1 Å². The zero-order valence-electron chi connectivity index (χ0n) is 12.9. The summed E-state index contributed by atoms with van der Waals surface area (Å²) in [7, 11) is 4.01. The summed E-state index contributed by atoms with van der Waals surface area (Å²) in [6.45, 7) is 0. The number of likely N-dealkylation sites (N-methyl/N-ethyl adjacent to an activating group) is 1. The highest BCUT2D eigenvalue weighted by Crippen LogP contribution is 2.32. The minimum Gasteiger partial charge on any atom is -0.469 e. The Balaban J connectivity index is 3.14. The second kappa shape index (κ2) is 8.47. The molecule has 0 aliphatic rings. The van der Waals surface area contributed by atoms with E-state index < -0.39 is 22.9 Å². The Hall–Kier alpha value is -2.16. The second-order valence-corrected chi connectivity index (χ2v) is 5.57. The molecule has 0 radical (unpaired) electrons. The van der Waals surface area contributed by atoms with Gasteiger partial charge < -0.3 is 14.4 Å². The molecule has 1 atom stereocenters. The molecule has 0 heterocycles. The van der Waals surface area contributed by atoms with Gasteiger partial charge in [-0.25, -0.2) is 4.79 Å². The zero-order valence-corrected chi connectivity index (χ0v) is 14.5. The first-order valence-corrected chi connectivity index (χ1v) is 7.42. The topological polar surface area (TPSA) is 99.0 Å². The van der Waals surface area contributed by atoms with Crippen LogP contribution in [0.2, 0.25) is 0 Å². The van der Waals surface area contributed by atoms with Gasteiger partial charge in [0.15, 0.2) is 0 Å². The van der Waals surface area contributed by atoms with Crippen LogP contribution in [0.1, 0.15) is 12.8 Å². The molecular weight excluding hydrogens is 372 g/mol. The van der Waals surface area contributed by atoms with E-state index in [0.717, 1.165) is 0 Å². The molecule has 1 aromatic carbocycles. The van der Waals surface area contributed by atoms with Gasteiger partial charge in [0.05, 0.1) is 19.1 Å². The number of hydrogen-bond acceptors (Lipinski definition) is 7. The number of nitro groups is 1. The molecule has 0 aliphatic carbocycles. The van der Waals surface area contributed by atoms with Crippen molar-refractivity contribution >= 4 is 39.2 Å². The standard InChI is InChI=1S/C14H17BrN2O6/c1-16(10-5-4-9(15)8-12(10)17(20)21)11(14(19)23-3)6-7-13(18)22-2/h4-5,8,11H,6-7H2,1-3H3/t11-/m0/s1. The average Bonchev–Trinajstić information content (AvgIpc) is 2.53. The minimum absolute atomic E-state index is 0.00900. The summed E-state index contributed by atoms with van der Waals surface area (Å²) in [5.41, 5.74) is 0.0901. The molecule has 0 saturated heterocycles. The van der Waals surface area contributed by atoms with Gasteiger partial charge in [-0.1, -0.05) is 15.9 Å². The molecule has 1 aromatic rings. The number of methoxy groups -OCH3 is 2. The molecule has 23 heavy (non-hydrogen) atoms. The number of ether oxygens (including phenoxy) is 2. The summed E-state index contributed by atoms with van der Waals surface area (Å²) in [6, 6.07) is 3.66. The Bertz CT molecular complexity index is 607. The lowest BCUT2D eigenvalue weighted by Crippen LogP contribution is -2.40. The van der Waals surface area contributed by atoms with Crippen molar-refractivity contribution < 1.29 is 24.0 Å². The molecule has 8 nitrogen and oxygen atoms in total. The highest BCUT2D eigenvalue weighted by atomic mass is 79.9. The number of halogens is 1. The molecule has 0 spiro atoms. The third-order valence-corrected chi connectivity index (χ3v) is 3.80. The van der Waals surface area contributed by atoms with Crippen LogP contribution in [0.15, 0.2) is 22.7 Å². The number of anilines is 1. The summed E-state index contributed by atoms with van der Waals surface area (Å²) in [5.74, 6) is -1.06. The Labute approximate surface area is 141 Å². The van der Waals surface area contributed by atoms with Gasteiger partial charge in [-0.3, -0.25) is 14.9 Å². The highest BCUT2D eigenvalue weighted by Gasteiger charge is 2.29. The van der Waals surface area contributed by atoms with Crippen LogP contribution >= 0.6 is 15.9 Å². The van der Waals surface area contributed by atoms with Crippen molar-refractivity contribution in [3.05, 3.63) is 32.8 Å². The van der Waals surface area contributed by atoms with E-state index in [1.807, 2.05) is 0 Å². The summed E-state index contributed by atoms with van der Waals surface area (Å²) in [4.78, 5) is 35.4. The maximum absolute atomic E-state index is 12.0. The van der Waals surface area contributed by atoms with Crippen LogP contribution < -0.4 is 4.90 Å². The lowest BCUT2D eigenvalue weighted by atomic mass is 10.1. The van der Waals surface area contributed by atoms with Gasteiger partial charge in [0.1, 0.15) is 11.7 Å². The van der Waals surface area contributed by atoms with Crippen molar-refractivity contribution in [2.24, 2.45) is 0 Å². The van der Waals surface area contributed by atoms with Crippen LogP contribution in [0.3, 0.4) is 0 Å². The summed E-state index contributed by atoms with van der Waals surface area (Å²) in [5, 5.41) is 11.2. The molecule has 0 bridgehead atoms. The van der Waals surface area contributed by atoms with Gasteiger partial charge in [0.25, 0.3) is 5.69 Å². The van der Waals surface area contributed by atoms with Crippen molar-refractivity contribution in [1.29, 1.82) is 0 Å². The second-order valence-electron chi connectivity index (χ2n) is 4.65. The monoisotopic (exact) mass is 388 g/mol. The predicted octanol–water partition coefficient (Wildman–Crippen LogP) is 2.29. The number of esters is 2. The van der Waals surface area contributed by atoms with Crippen LogP contribution in [-0.4, -0.2) is 44.2 Å². The van der Waals surface area contributed by atoms with E-state index in [9.17, 15) is 19.7 Å². The molecule has 1 rings (SSSR count).